The molecule has 2 aromatic rings. The number of aromatic nitrogens is 3. The Bertz CT molecular complexity index is 673. The lowest BCUT2D eigenvalue weighted by atomic mass is 10.3. The minimum atomic E-state index is -0.873. The van der Waals surface area contributed by atoms with E-state index in [4.69, 9.17) is 28.3 Å². The van der Waals surface area contributed by atoms with E-state index in [1.807, 2.05) is 13.8 Å². The third kappa shape index (κ3) is 4.19. The highest BCUT2D eigenvalue weighted by atomic mass is 35.5. The predicted molar refractivity (Wildman–Crippen MR) is 84.6 cm³/mol. The molecule has 22 heavy (non-hydrogen) atoms. The van der Waals surface area contributed by atoms with Gasteiger partial charge in [-0.1, -0.05) is 28.4 Å². The molecule has 0 amide bonds. The summed E-state index contributed by atoms with van der Waals surface area (Å²) >= 11 is 12.0. The Morgan fingerprint density at radius 2 is 2.14 bits per heavy atom. The van der Waals surface area contributed by atoms with Gasteiger partial charge in [0.15, 0.2) is 0 Å². The number of nitrogens with zero attached hydrogens (tertiary/aromatic N) is 4. The highest BCUT2D eigenvalue weighted by molar-refractivity contribution is 6.35. The van der Waals surface area contributed by atoms with E-state index in [-0.39, 0.29) is 12.6 Å². The number of hydrogen-bond donors (Lipinski definition) is 1. The van der Waals surface area contributed by atoms with Crippen LogP contribution in [0.2, 0.25) is 10.0 Å². The SMILES string of the molecule is CC(C)N(CC(=O)O)Cc1cn(-c2ccc(Cl)cc2Cl)nn1. The lowest BCUT2D eigenvalue weighted by molar-refractivity contribution is -0.139. The molecule has 0 saturated carbocycles. The average molecular weight is 343 g/mol. The summed E-state index contributed by atoms with van der Waals surface area (Å²) < 4.78 is 1.55. The molecule has 0 aliphatic rings. The maximum atomic E-state index is 10.9. The molecule has 0 atom stereocenters. The molecule has 8 heteroatoms. The summed E-state index contributed by atoms with van der Waals surface area (Å²) in [6.07, 6.45) is 1.73. The van der Waals surface area contributed by atoms with E-state index in [1.54, 1.807) is 34.0 Å². The number of hydrogen-bond acceptors (Lipinski definition) is 4. The lowest BCUT2D eigenvalue weighted by Crippen LogP contribution is -2.35. The van der Waals surface area contributed by atoms with Crippen LogP contribution >= 0.6 is 23.2 Å². The lowest BCUT2D eigenvalue weighted by Gasteiger charge is -2.22. The molecule has 6 nitrogen and oxygen atoms in total. The number of carboxylic acids is 1. The molecule has 0 spiro atoms. The molecule has 0 aliphatic heterocycles. The molecule has 0 fully saturated rings. The standard InChI is InChI=1S/C14H16Cl2N4O2/c1-9(2)19(8-14(21)22)6-11-7-20(18-17-11)13-4-3-10(15)5-12(13)16/h3-5,7,9H,6,8H2,1-2H3,(H,21,22). The third-order valence-electron chi connectivity index (χ3n) is 3.13. The second-order valence-corrected chi connectivity index (χ2v) is 5.99. The first kappa shape index (κ1) is 16.7. The van der Waals surface area contributed by atoms with E-state index in [2.05, 4.69) is 10.3 Å². The Labute approximate surface area is 138 Å². The molecule has 0 radical (unpaired) electrons. The quantitative estimate of drug-likeness (QED) is 0.873. The van der Waals surface area contributed by atoms with Crippen molar-refractivity contribution in [2.45, 2.75) is 26.4 Å². The van der Waals surface area contributed by atoms with Crippen LogP contribution in [-0.4, -0.2) is 43.6 Å². The zero-order valence-corrected chi connectivity index (χ0v) is 13.7. The molecular formula is C14H16Cl2N4O2. The molecular weight excluding hydrogens is 327 g/mol. The van der Waals surface area contributed by atoms with Gasteiger partial charge in [0.2, 0.25) is 0 Å². The number of rotatable bonds is 6. The summed E-state index contributed by atoms with van der Waals surface area (Å²) in [5, 5.41) is 18.1. The largest absolute Gasteiger partial charge is 0.480 e. The van der Waals surface area contributed by atoms with Crippen molar-refractivity contribution in [3.8, 4) is 5.69 Å². The molecule has 0 unspecified atom stereocenters. The maximum Gasteiger partial charge on any atom is 0.317 e. The molecule has 2 rings (SSSR count). The predicted octanol–water partition coefficient (Wildman–Crippen LogP) is 2.87. The summed E-state index contributed by atoms with van der Waals surface area (Å²) in [5.41, 5.74) is 1.33. The van der Waals surface area contributed by atoms with Gasteiger partial charge in [0.1, 0.15) is 0 Å². The van der Waals surface area contributed by atoms with Gasteiger partial charge in [-0.2, -0.15) is 0 Å². The van der Waals surface area contributed by atoms with E-state index in [1.165, 1.54) is 0 Å². The second kappa shape index (κ2) is 7.09. The van der Waals surface area contributed by atoms with E-state index >= 15 is 0 Å². The fourth-order valence-corrected chi connectivity index (χ4v) is 2.45. The van der Waals surface area contributed by atoms with Gasteiger partial charge in [-0.3, -0.25) is 9.69 Å². The van der Waals surface area contributed by atoms with Crippen LogP contribution in [0.3, 0.4) is 0 Å². The van der Waals surface area contributed by atoms with Gasteiger partial charge in [0.05, 0.1) is 29.1 Å². The van der Waals surface area contributed by atoms with Crippen molar-refractivity contribution >= 4 is 29.2 Å². The van der Waals surface area contributed by atoms with E-state index in [0.717, 1.165) is 0 Å². The monoisotopic (exact) mass is 342 g/mol. The van der Waals surface area contributed by atoms with Gasteiger partial charge >= 0.3 is 5.97 Å². The molecule has 0 saturated heterocycles. The zero-order valence-electron chi connectivity index (χ0n) is 12.2. The van der Waals surface area contributed by atoms with Gasteiger partial charge in [-0.15, -0.1) is 5.10 Å². The summed E-state index contributed by atoms with van der Waals surface area (Å²) in [6, 6.07) is 5.18. The van der Waals surface area contributed by atoms with Crippen molar-refractivity contribution in [2.75, 3.05) is 6.54 Å². The van der Waals surface area contributed by atoms with Crippen LogP contribution in [0.5, 0.6) is 0 Å². The van der Waals surface area contributed by atoms with Crippen molar-refractivity contribution in [3.63, 3.8) is 0 Å². The van der Waals surface area contributed by atoms with Crippen LogP contribution in [-0.2, 0) is 11.3 Å². The summed E-state index contributed by atoms with van der Waals surface area (Å²) in [4.78, 5) is 12.7. The minimum absolute atomic E-state index is 0.0494. The molecule has 1 aromatic heterocycles. The molecule has 1 aromatic carbocycles. The van der Waals surface area contributed by atoms with Crippen molar-refractivity contribution in [1.82, 2.24) is 19.9 Å². The van der Waals surface area contributed by atoms with Gasteiger partial charge in [0.25, 0.3) is 0 Å². The number of carbonyl (C=O) groups is 1. The second-order valence-electron chi connectivity index (χ2n) is 5.14. The van der Waals surface area contributed by atoms with Gasteiger partial charge < -0.3 is 5.11 Å². The topological polar surface area (TPSA) is 71.2 Å². The van der Waals surface area contributed by atoms with Gasteiger partial charge in [0, 0.05) is 17.6 Å². The average Bonchev–Trinajstić information content (AvgIpc) is 2.85. The Hall–Kier alpha value is -1.63. The fourth-order valence-electron chi connectivity index (χ4n) is 1.96. The number of halogens is 2. The van der Waals surface area contributed by atoms with Gasteiger partial charge in [-0.25, -0.2) is 4.68 Å². The van der Waals surface area contributed by atoms with Crippen LogP contribution in [0.25, 0.3) is 5.69 Å². The molecule has 0 bridgehead atoms. The normalized spacial score (nSPS) is 11.4. The first-order valence-electron chi connectivity index (χ1n) is 6.69. The summed E-state index contributed by atoms with van der Waals surface area (Å²) in [7, 11) is 0. The first-order valence-corrected chi connectivity index (χ1v) is 7.45. The van der Waals surface area contributed by atoms with Crippen molar-refractivity contribution in [1.29, 1.82) is 0 Å². The first-order chi connectivity index (χ1) is 10.4. The van der Waals surface area contributed by atoms with Crippen LogP contribution < -0.4 is 0 Å². The maximum absolute atomic E-state index is 10.9. The van der Waals surface area contributed by atoms with E-state index in [0.29, 0.717) is 28.0 Å². The van der Waals surface area contributed by atoms with Crippen molar-refractivity contribution in [2.24, 2.45) is 0 Å². The number of benzene rings is 1. The highest BCUT2D eigenvalue weighted by Gasteiger charge is 2.16. The Morgan fingerprint density at radius 3 is 2.73 bits per heavy atom. The summed E-state index contributed by atoms with van der Waals surface area (Å²) in [6.45, 7) is 4.22. The van der Waals surface area contributed by atoms with E-state index < -0.39 is 5.97 Å². The zero-order chi connectivity index (χ0) is 16.3. The number of aliphatic carboxylic acids is 1. The van der Waals surface area contributed by atoms with Gasteiger partial charge in [-0.05, 0) is 32.0 Å². The van der Waals surface area contributed by atoms with Crippen LogP contribution in [0, 0.1) is 0 Å². The minimum Gasteiger partial charge on any atom is -0.480 e. The fraction of sp³-hybridized carbons (Fsp3) is 0.357. The molecule has 118 valence electrons. The van der Waals surface area contributed by atoms with Crippen molar-refractivity contribution in [3.05, 3.63) is 40.1 Å². The molecule has 1 heterocycles. The Kier molecular flexibility index (Phi) is 5.39. The van der Waals surface area contributed by atoms with Crippen LogP contribution in [0.15, 0.2) is 24.4 Å². The number of carboxylic acid groups (broad SMARTS) is 1. The smallest absolute Gasteiger partial charge is 0.317 e. The summed E-state index contributed by atoms with van der Waals surface area (Å²) in [5.74, 6) is -0.873. The molecule has 1 N–H and O–H groups in total. The molecule has 0 aliphatic carbocycles. The van der Waals surface area contributed by atoms with Crippen LogP contribution in [0.4, 0.5) is 0 Å². The van der Waals surface area contributed by atoms with Crippen molar-refractivity contribution < 1.29 is 9.90 Å². The van der Waals surface area contributed by atoms with Crippen LogP contribution in [0.1, 0.15) is 19.5 Å². The third-order valence-corrected chi connectivity index (χ3v) is 3.67. The Balaban J connectivity index is 2.18. The van der Waals surface area contributed by atoms with E-state index in [9.17, 15) is 4.79 Å². The Morgan fingerprint density at radius 1 is 1.41 bits per heavy atom. The highest BCUT2D eigenvalue weighted by Crippen LogP contribution is 2.23.